The molecule has 1 aliphatic carbocycles. The Morgan fingerprint density at radius 1 is 1.22 bits per heavy atom. The van der Waals surface area contributed by atoms with E-state index in [9.17, 15) is 14.4 Å². The molecule has 0 bridgehead atoms. The molecule has 0 saturated heterocycles. The SMILES string of the molecule is CCC(OC(=O)C1CCCCC1C(=O)N1CCc2ccccc21)C(=O)Nc1cc(C)on1. The summed E-state index contributed by atoms with van der Waals surface area (Å²) in [5.74, 6) is -1.08. The van der Waals surface area contributed by atoms with Crippen LogP contribution in [0.25, 0.3) is 0 Å². The number of aryl methyl sites for hydroxylation is 1. The van der Waals surface area contributed by atoms with E-state index in [1.54, 1.807) is 19.9 Å². The van der Waals surface area contributed by atoms with Crippen molar-refractivity contribution in [1.82, 2.24) is 5.16 Å². The number of nitrogens with zero attached hydrogens (tertiary/aromatic N) is 2. The van der Waals surface area contributed by atoms with Gasteiger partial charge in [-0.15, -0.1) is 0 Å². The second kappa shape index (κ2) is 9.54. The van der Waals surface area contributed by atoms with Crippen LogP contribution in [0.4, 0.5) is 11.5 Å². The summed E-state index contributed by atoms with van der Waals surface area (Å²) in [4.78, 5) is 40.9. The number of hydrogen-bond donors (Lipinski definition) is 1. The fraction of sp³-hybridized carbons (Fsp3) is 0.500. The number of fused-ring (bicyclic) bond motifs is 1. The Morgan fingerprint density at radius 2 is 1.97 bits per heavy atom. The molecule has 1 aromatic heterocycles. The van der Waals surface area contributed by atoms with Gasteiger partial charge in [0.15, 0.2) is 11.9 Å². The van der Waals surface area contributed by atoms with E-state index in [2.05, 4.69) is 10.5 Å². The molecule has 1 fully saturated rings. The zero-order valence-electron chi connectivity index (χ0n) is 18.5. The van der Waals surface area contributed by atoms with Gasteiger partial charge in [-0.25, -0.2) is 0 Å². The summed E-state index contributed by atoms with van der Waals surface area (Å²) >= 11 is 0. The number of aromatic nitrogens is 1. The van der Waals surface area contributed by atoms with Crippen LogP contribution in [0.3, 0.4) is 0 Å². The standard InChI is InChI=1S/C24H29N3O5/c1-3-20(22(28)25-21-14-15(2)32-26-21)31-24(30)18-10-6-5-9-17(18)23(29)27-13-12-16-8-4-7-11-19(16)27/h4,7-8,11,14,17-18,20H,3,5-6,9-10,12-13H2,1-2H3,(H,25,26,28). The molecule has 4 rings (SSSR count). The molecule has 8 heteroatoms. The molecule has 1 aromatic carbocycles. The van der Waals surface area contributed by atoms with E-state index in [0.717, 1.165) is 30.5 Å². The van der Waals surface area contributed by atoms with Gasteiger partial charge in [-0.05, 0) is 44.2 Å². The van der Waals surface area contributed by atoms with Gasteiger partial charge < -0.3 is 19.5 Å². The Labute approximate surface area is 187 Å². The van der Waals surface area contributed by atoms with E-state index >= 15 is 0 Å². The molecule has 0 radical (unpaired) electrons. The average molecular weight is 440 g/mol. The van der Waals surface area contributed by atoms with Crippen molar-refractivity contribution in [3.05, 3.63) is 41.7 Å². The quantitative estimate of drug-likeness (QED) is 0.690. The van der Waals surface area contributed by atoms with E-state index in [1.807, 2.05) is 29.2 Å². The fourth-order valence-corrected chi connectivity index (χ4v) is 4.66. The third kappa shape index (κ3) is 4.54. The van der Waals surface area contributed by atoms with Crippen LogP contribution in [0.1, 0.15) is 50.4 Å². The largest absolute Gasteiger partial charge is 0.452 e. The molecule has 2 aromatic rings. The van der Waals surface area contributed by atoms with E-state index in [0.29, 0.717) is 31.6 Å². The molecule has 32 heavy (non-hydrogen) atoms. The monoisotopic (exact) mass is 439 g/mol. The molecule has 2 heterocycles. The second-order valence-electron chi connectivity index (χ2n) is 8.51. The summed E-state index contributed by atoms with van der Waals surface area (Å²) in [7, 11) is 0. The van der Waals surface area contributed by atoms with Crippen LogP contribution in [0.2, 0.25) is 0 Å². The first-order valence-corrected chi connectivity index (χ1v) is 11.3. The van der Waals surface area contributed by atoms with Gasteiger partial charge in [-0.3, -0.25) is 14.4 Å². The lowest BCUT2D eigenvalue weighted by Gasteiger charge is -2.32. The zero-order valence-corrected chi connectivity index (χ0v) is 18.5. The molecule has 1 saturated carbocycles. The molecule has 170 valence electrons. The topological polar surface area (TPSA) is 102 Å². The van der Waals surface area contributed by atoms with Crippen LogP contribution in [-0.2, 0) is 25.5 Å². The number of hydrogen-bond acceptors (Lipinski definition) is 6. The number of ether oxygens (including phenoxy) is 1. The maximum atomic E-state index is 13.4. The van der Waals surface area contributed by atoms with Crippen LogP contribution >= 0.6 is 0 Å². The summed E-state index contributed by atoms with van der Waals surface area (Å²) in [5, 5.41) is 6.36. The van der Waals surface area contributed by atoms with Gasteiger partial charge in [0.1, 0.15) is 5.76 Å². The van der Waals surface area contributed by atoms with E-state index in [1.165, 1.54) is 0 Å². The molecular weight excluding hydrogens is 410 g/mol. The fourth-order valence-electron chi connectivity index (χ4n) is 4.66. The van der Waals surface area contributed by atoms with Crippen LogP contribution in [0, 0.1) is 18.8 Å². The van der Waals surface area contributed by atoms with Crippen molar-refractivity contribution < 1.29 is 23.6 Å². The summed E-state index contributed by atoms with van der Waals surface area (Å²) in [6.45, 7) is 4.13. The molecule has 2 amide bonds. The van der Waals surface area contributed by atoms with Gasteiger partial charge in [0.25, 0.3) is 5.91 Å². The average Bonchev–Trinajstić information content (AvgIpc) is 3.42. The minimum absolute atomic E-state index is 0.0211. The minimum atomic E-state index is -0.954. The Hall–Kier alpha value is -3.16. The number of carbonyl (C=O) groups is 3. The number of benzene rings is 1. The first-order chi connectivity index (χ1) is 15.5. The van der Waals surface area contributed by atoms with E-state index in [-0.39, 0.29) is 11.7 Å². The van der Waals surface area contributed by atoms with E-state index in [4.69, 9.17) is 9.26 Å². The first kappa shape index (κ1) is 22.0. The van der Waals surface area contributed by atoms with E-state index < -0.39 is 29.8 Å². The highest BCUT2D eigenvalue weighted by atomic mass is 16.5. The summed E-state index contributed by atoms with van der Waals surface area (Å²) in [6, 6.07) is 9.49. The lowest BCUT2D eigenvalue weighted by molar-refractivity contribution is -0.162. The molecule has 3 unspecified atom stereocenters. The second-order valence-corrected chi connectivity index (χ2v) is 8.51. The molecule has 0 spiro atoms. The maximum Gasteiger partial charge on any atom is 0.310 e. The van der Waals surface area contributed by atoms with Gasteiger partial charge in [-0.1, -0.05) is 43.1 Å². The summed E-state index contributed by atoms with van der Waals surface area (Å²) < 4.78 is 10.6. The Morgan fingerprint density at radius 3 is 2.69 bits per heavy atom. The van der Waals surface area contributed by atoms with Crippen molar-refractivity contribution in [2.75, 3.05) is 16.8 Å². The van der Waals surface area contributed by atoms with Crippen molar-refractivity contribution in [3.8, 4) is 0 Å². The van der Waals surface area contributed by atoms with Gasteiger partial charge >= 0.3 is 5.97 Å². The smallest absolute Gasteiger partial charge is 0.310 e. The number of rotatable bonds is 6. The number of esters is 1. The highest BCUT2D eigenvalue weighted by Crippen LogP contribution is 2.36. The normalized spacial score (nSPS) is 21.0. The number of para-hydroxylation sites is 1. The highest BCUT2D eigenvalue weighted by molar-refractivity contribution is 5.99. The number of anilines is 2. The predicted molar refractivity (Wildman–Crippen MR) is 118 cm³/mol. The molecule has 3 atom stereocenters. The van der Waals surface area contributed by atoms with Crippen LogP contribution in [-0.4, -0.2) is 35.6 Å². The van der Waals surface area contributed by atoms with Crippen molar-refractivity contribution in [1.29, 1.82) is 0 Å². The number of amides is 2. The first-order valence-electron chi connectivity index (χ1n) is 11.3. The molecule has 2 aliphatic rings. The minimum Gasteiger partial charge on any atom is -0.452 e. The van der Waals surface area contributed by atoms with Gasteiger partial charge in [0.05, 0.1) is 11.8 Å². The van der Waals surface area contributed by atoms with Gasteiger partial charge in [-0.2, -0.15) is 0 Å². The van der Waals surface area contributed by atoms with Crippen LogP contribution in [0.15, 0.2) is 34.9 Å². The van der Waals surface area contributed by atoms with Gasteiger partial charge in [0.2, 0.25) is 5.91 Å². The predicted octanol–water partition coefficient (Wildman–Crippen LogP) is 3.64. The molecule has 1 aliphatic heterocycles. The van der Waals surface area contributed by atoms with Crippen LogP contribution < -0.4 is 10.2 Å². The summed E-state index contributed by atoms with van der Waals surface area (Å²) in [5.41, 5.74) is 2.09. The number of nitrogens with one attached hydrogen (secondary N) is 1. The Kier molecular flexibility index (Phi) is 6.58. The maximum absolute atomic E-state index is 13.4. The van der Waals surface area contributed by atoms with Crippen LogP contribution in [0.5, 0.6) is 0 Å². The van der Waals surface area contributed by atoms with Gasteiger partial charge in [0, 0.05) is 18.3 Å². The highest BCUT2D eigenvalue weighted by Gasteiger charge is 2.41. The zero-order chi connectivity index (χ0) is 22.7. The Bertz CT molecular complexity index is 1000. The van der Waals surface area contributed by atoms with Crippen molar-refractivity contribution in [2.45, 2.75) is 58.5 Å². The Balaban J connectivity index is 1.44. The molecule has 1 N–H and O–H groups in total. The van der Waals surface area contributed by atoms with Crippen molar-refractivity contribution in [2.24, 2.45) is 11.8 Å². The third-order valence-electron chi connectivity index (χ3n) is 6.34. The molecule has 8 nitrogen and oxygen atoms in total. The third-order valence-corrected chi connectivity index (χ3v) is 6.34. The lowest BCUT2D eigenvalue weighted by Crippen LogP contribution is -2.44. The van der Waals surface area contributed by atoms with Crippen molar-refractivity contribution >= 4 is 29.3 Å². The summed E-state index contributed by atoms with van der Waals surface area (Å²) in [6.07, 6.45) is 3.19. The van der Waals surface area contributed by atoms with Crippen molar-refractivity contribution in [3.63, 3.8) is 0 Å². The lowest BCUT2D eigenvalue weighted by atomic mass is 9.78. The number of carbonyl (C=O) groups excluding carboxylic acids is 3. The molecular formula is C24H29N3O5.